The van der Waals surface area contributed by atoms with Crippen molar-refractivity contribution in [2.45, 2.75) is 32.9 Å². The molecule has 1 fully saturated rings. The van der Waals surface area contributed by atoms with Gasteiger partial charge in [-0.3, -0.25) is 4.79 Å². The van der Waals surface area contributed by atoms with Crippen LogP contribution in [0.4, 0.5) is 0 Å². The van der Waals surface area contributed by atoms with Crippen molar-refractivity contribution in [2.75, 3.05) is 6.54 Å². The summed E-state index contributed by atoms with van der Waals surface area (Å²) in [7, 11) is 0. The lowest BCUT2D eigenvalue weighted by Crippen LogP contribution is -2.32. The van der Waals surface area contributed by atoms with E-state index in [2.05, 4.69) is 23.3 Å². The number of amides is 1. The number of benzene rings is 2. The predicted molar refractivity (Wildman–Crippen MR) is 109 cm³/mol. The Hall–Kier alpha value is -2.88. The highest BCUT2D eigenvalue weighted by atomic mass is 16.2. The number of fused-ring (bicyclic) bond motifs is 1. The monoisotopic (exact) mass is 359 g/mol. The molecule has 0 unspecified atom stereocenters. The lowest BCUT2D eigenvalue weighted by atomic mass is 10.1. The summed E-state index contributed by atoms with van der Waals surface area (Å²) in [5.41, 5.74) is 3.94. The normalized spacial score (nSPS) is 13.7. The average molecular weight is 359 g/mol. The largest absolute Gasteiger partial charge is 0.327 e. The highest BCUT2D eigenvalue weighted by Crippen LogP contribution is 2.32. The molecule has 0 atom stereocenters. The molecule has 1 heterocycles. The number of nitrogens with zero attached hydrogens (tertiary/aromatic N) is 3. The van der Waals surface area contributed by atoms with Crippen LogP contribution in [0.25, 0.3) is 11.0 Å². The molecule has 4 heteroatoms. The van der Waals surface area contributed by atoms with Crippen molar-refractivity contribution in [3.8, 4) is 0 Å². The first-order valence-corrected chi connectivity index (χ1v) is 9.56. The van der Waals surface area contributed by atoms with Crippen LogP contribution in [0.3, 0.4) is 0 Å². The standard InChI is InChI=1S/C23H25N3O/c1-3-13-25(23(27)19-8-6-7-17(2)14-19)16-22-24-20-9-4-5-10-21(20)26(22)15-18-11-12-18/h3-10,14,18H,1,11-13,15-16H2,2H3. The van der Waals surface area contributed by atoms with Gasteiger partial charge in [-0.05, 0) is 49.9 Å². The van der Waals surface area contributed by atoms with E-state index in [4.69, 9.17) is 4.98 Å². The number of hydrogen-bond donors (Lipinski definition) is 0. The van der Waals surface area contributed by atoms with Crippen LogP contribution >= 0.6 is 0 Å². The molecule has 0 spiro atoms. The van der Waals surface area contributed by atoms with Gasteiger partial charge in [0.2, 0.25) is 0 Å². The van der Waals surface area contributed by atoms with E-state index in [0.29, 0.717) is 18.7 Å². The molecule has 1 aliphatic carbocycles. The molecule has 0 aliphatic heterocycles. The van der Waals surface area contributed by atoms with Gasteiger partial charge in [0.1, 0.15) is 5.82 Å². The second-order valence-corrected chi connectivity index (χ2v) is 7.41. The Bertz CT molecular complexity index is 984. The predicted octanol–water partition coefficient (Wildman–Crippen LogP) is 4.58. The van der Waals surface area contributed by atoms with Gasteiger partial charge in [0.25, 0.3) is 5.91 Å². The van der Waals surface area contributed by atoms with Gasteiger partial charge in [0.15, 0.2) is 0 Å². The van der Waals surface area contributed by atoms with E-state index in [1.807, 2.05) is 48.2 Å². The number of aromatic nitrogens is 2. The quantitative estimate of drug-likeness (QED) is 0.579. The third kappa shape index (κ3) is 3.80. The number of imidazole rings is 1. The molecule has 0 radical (unpaired) electrons. The topological polar surface area (TPSA) is 38.1 Å². The highest BCUT2D eigenvalue weighted by molar-refractivity contribution is 5.94. The van der Waals surface area contributed by atoms with Crippen LogP contribution in [0.5, 0.6) is 0 Å². The van der Waals surface area contributed by atoms with Gasteiger partial charge < -0.3 is 9.47 Å². The van der Waals surface area contributed by atoms with Gasteiger partial charge in [-0.15, -0.1) is 6.58 Å². The van der Waals surface area contributed by atoms with Crippen molar-refractivity contribution in [1.82, 2.24) is 14.5 Å². The fourth-order valence-electron chi connectivity index (χ4n) is 3.51. The zero-order chi connectivity index (χ0) is 18.8. The second kappa shape index (κ2) is 7.39. The minimum absolute atomic E-state index is 0.0172. The zero-order valence-corrected chi connectivity index (χ0v) is 15.8. The number of hydrogen-bond acceptors (Lipinski definition) is 2. The van der Waals surface area contributed by atoms with E-state index in [0.717, 1.165) is 34.9 Å². The second-order valence-electron chi connectivity index (χ2n) is 7.41. The lowest BCUT2D eigenvalue weighted by Gasteiger charge is -2.22. The van der Waals surface area contributed by atoms with E-state index in [9.17, 15) is 4.79 Å². The van der Waals surface area contributed by atoms with E-state index in [1.54, 1.807) is 6.08 Å². The molecule has 0 N–H and O–H groups in total. The van der Waals surface area contributed by atoms with Crippen molar-refractivity contribution in [3.05, 3.63) is 78.1 Å². The summed E-state index contributed by atoms with van der Waals surface area (Å²) in [6.45, 7) is 7.81. The average Bonchev–Trinajstić information content (AvgIpc) is 3.43. The summed E-state index contributed by atoms with van der Waals surface area (Å²) in [5.74, 6) is 1.70. The molecule has 0 bridgehead atoms. The van der Waals surface area contributed by atoms with Crippen molar-refractivity contribution in [1.29, 1.82) is 0 Å². The molecule has 0 saturated heterocycles. The Morgan fingerprint density at radius 3 is 2.81 bits per heavy atom. The van der Waals surface area contributed by atoms with Gasteiger partial charge in [0.05, 0.1) is 17.6 Å². The lowest BCUT2D eigenvalue weighted by molar-refractivity contribution is 0.0757. The van der Waals surface area contributed by atoms with E-state index >= 15 is 0 Å². The summed E-state index contributed by atoms with van der Waals surface area (Å²) in [4.78, 5) is 19.8. The summed E-state index contributed by atoms with van der Waals surface area (Å²) < 4.78 is 2.30. The maximum Gasteiger partial charge on any atom is 0.254 e. The van der Waals surface area contributed by atoms with Gasteiger partial charge in [-0.1, -0.05) is 35.9 Å². The first kappa shape index (κ1) is 17.5. The summed E-state index contributed by atoms with van der Waals surface area (Å²) >= 11 is 0. The molecule has 3 aromatic rings. The van der Waals surface area contributed by atoms with Crippen LogP contribution in [0.1, 0.15) is 34.6 Å². The maximum atomic E-state index is 13.1. The van der Waals surface area contributed by atoms with Crippen LogP contribution in [-0.4, -0.2) is 26.9 Å². The van der Waals surface area contributed by atoms with Crippen molar-refractivity contribution in [3.63, 3.8) is 0 Å². The number of rotatable bonds is 7. The molecule has 138 valence electrons. The Morgan fingerprint density at radius 1 is 1.26 bits per heavy atom. The van der Waals surface area contributed by atoms with Crippen molar-refractivity contribution in [2.24, 2.45) is 5.92 Å². The molecular weight excluding hydrogens is 334 g/mol. The molecule has 1 aromatic heterocycles. The minimum Gasteiger partial charge on any atom is -0.327 e. The molecular formula is C23H25N3O. The number of para-hydroxylation sites is 2. The van der Waals surface area contributed by atoms with Crippen molar-refractivity contribution >= 4 is 16.9 Å². The van der Waals surface area contributed by atoms with Crippen LogP contribution in [0.15, 0.2) is 61.2 Å². The molecule has 4 rings (SSSR count). The van der Waals surface area contributed by atoms with Crippen molar-refractivity contribution < 1.29 is 4.79 Å². The Balaban J connectivity index is 1.67. The van der Waals surface area contributed by atoms with Gasteiger partial charge in [-0.2, -0.15) is 0 Å². The maximum absolute atomic E-state index is 13.1. The van der Waals surface area contributed by atoms with Crippen LogP contribution in [-0.2, 0) is 13.1 Å². The Morgan fingerprint density at radius 2 is 2.07 bits per heavy atom. The number of carbonyl (C=O) groups is 1. The third-order valence-corrected chi connectivity index (χ3v) is 5.11. The van der Waals surface area contributed by atoms with Gasteiger partial charge in [0, 0.05) is 18.7 Å². The highest BCUT2D eigenvalue weighted by Gasteiger charge is 2.25. The van der Waals surface area contributed by atoms with Gasteiger partial charge in [-0.25, -0.2) is 4.98 Å². The van der Waals surface area contributed by atoms with Crippen LogP contribution < -0.4 is 0 Å². The Kier molecular flexibility index (Phi) is 4.80. The first-order valence-electron chi connectivity index (χ1n) is 9.56. The van der Waals surface area contributed by atoms with E-state index in [1.165, 1.54) is 12.8 Å². The molecule has 27 heavy (non-hydrogen) atoms. The fourth-order valence-corrected chi connectivity index (χ4v) is 3.51. The zero-order valence-electron chi connectivity index (χ0n) is 15.8. The first-order chi connectivity index (χ1) is 13.2. The minimum atomic E-state index is 0.0172. The molecule has 1 amide bonds. The van der Waals surface area contributed by atoms with Crippen LogP contribution in [0.2, 0.25) is 0 Å². The summed E-state index contributed by atoms with van der Waals surface area (Å²) in [6, 6.07) is 16.0. The third-order valence-electron chi connectivity index (χ3n) is 5.11. The van der Waals surface area contributed by atoms with Crippen LogP contribution in [0, 0.1) is 12.8 Å². The Labute approximate surface area is 160 Å². The van der Waals surface area contributed by atoms with Gasteiger partial charge >= 0.3 is 0 Å². The number of carbonyl (C=O) groups excluding carboxylic acids is 1. The fraction of sp³-hybridized carbons (Fsp3) is 0.304. The SMILES string of the molecule is C=CCN(Cc1nc2ccccc2n1CC1CC1)C(=O)c1cccc(C)c1. The summed E-state index contributed by atoms with van der Waals surface area (Å²) in [6.07, 6.45) is 4.34. The summed E-state index contributed by atoms with van der Waals surface area (Å²) in [5, 5.41) is 0. The van der Waals surface area contributed by atoms with E-state index in [-0.39, 0.29) is 5.91 Å². The van der Waals surface area contributed by atoms with E-state index < -0.39 is 0 Å². The number of aryl methyl sites for hydroxylation is 1. The molecule has 1 saturated carbocycles. The smallest absolute Gasteiger partial charge is 0.254 e. The molecule has 1 aliphatic rings. The molecule has 4 nitrogen and oxygen atoms in total. The molecule has 2 aromatic carbocycles.